The SMILES string of the molecule is CC(C)c1oc2c3c(ccc2c(=O)c1-c1ccc(Cl)cc1)NCCCO3. The minimum atomic E-state index is -0.0482. The zero-order valence-corrected chi connectivity index (χ0v) is 15.5. The van der Waals surface area contributed by atoms with E-state index in [0.717, 1.165) is 24.2 Å². The third-order valence-corrected chi connectivity index (χ3v) is 4.83. The molecule has 0 unspecified atom stereocenters. The van der Waals surface area contributed by atoms with Crippen molar-refractivity contribution in [3.05, 3.63) is 57.4 Å². The van der Waals surface area contributed by atoms with Crippen LogP contribution in [-0.4, -0.2) is 13.2 Å². The monoisotopic (exact) mass is 369 g/mol. The van der Waals surface area contributed by atoms with Crippen molar-refractivity contribution in [2.75, 3.05) is 18.5 Å². The molecule has 26 heavy (non-hydrogen) atoms. The fourth-order valence-corrected chi connectivity index (χ4v) is 3.42. The molecule has 1 aliphatic heterocycles. The maximum absolute atomic E-state index is 13.3. The van der Waals surface area contributed by atoms with Crippen LogP contribution in [0.1, 0.15) is 31.9 Å². The van der Waals surface area contributed by atoms with E-state index in [4.69, 9.17) is 20.8 Å². The molecule has 0 radical (unpaired) electrons. The Bertz CT molecular complexity index is 1020. The number of benzene rings is 2. The average Bonchev–Trinajstić information content (AvgIpc) is 2.88. The van der Waals surface area contributed by atoms with Crippen molar-refractivity contribution in [3.8, 4) is 16.9 Å². The van der Waals surface area contributed by atoms with Crippen molar-refractivity contribution < 1.29 is 9.15 Å². The maximum atomic E-state index is 13.3. The van der Waals surface area contributed by atoms with Gasteiger partial charge in [0, 0.05) is 17.5 Å². The number of ether oxygens (including phenoxy) is 1. The Kier molecular flexibility index (Phi) is 4.37. The van der Waals surface area contributed by atoms with Gasteiger partial charge in [-0.3, -0.25) is 4.79 Å². The normalized spacial score (nSPS) is 13.8. The molecule has 5 heteroatoms. The highest BCUT2D eigenvalue weighted by molar-refractivity contribution is 6.30. The Morgan fingerprint density at radius 3 is 2.62 bits per heavy atom. The third-order valence-electron chi connectivity index (χ3n) is 4.58. The van der Waals surface area contributed by atoms with Crippen LogP contribution in [0, 0.1) is 0 Å². The molecule has 2 aromatic carbocycles. The van der Waals surface area contributed by atoms with Gasteiger partial charge in [0.15, 0.2) is 11.3 Å². The Balaban J connectivity index is 2.04. The van der Waals surface area contributed by atoms with E-state index in [9.17, 15) is 4.79 Å². The first-order valence-corrected chi connectivity index (χ1v) is 9.20. The van der Waals surface area contributed by atoms with Gasteiger partial charge in [0.05, 0.1) is 23.2 Å². The average molecular weight is 370 g/mol. The summed E-state index contributed by atoms with van der Waals surface area (Å²) in [6.45, 7) is 5.47. The van der Waals surface area contributed by atoms with Gasteiger partial charge in [0.1, 0.15) is 5.76 Å². The van der Waals surface area contributed by atoms with Crippen LogP contribution in [0.5, 0.6) is 5.75 Å². The molecule has 0 bridgehead atoms. The molecule has 0 aliphatic carbocycles. The van der Waals surface area contributed by atoms with Crippen LogP contribution in [0.4, 0.5) is 5.69 Å². The largest absolute Gasteiger partial charge is 0.488 e. The molecule has 0 saturated carbocycles. The Morgan fingerprint density at radius 2 is 1.88 bits per heavy atom. The summed E-state index contributed by atoms with van der Waals surface area (Å²) in [4.78, 5) is 13.3. The summed E-state index contributed by atoms with van der Waals surface area (Å²) < 4.78 is 12.2. The van der Waals surface area contributed by atoms with Crippen LogP contribution >= 0.6 is 11.6 Å². The lowest BCUT2D eigenvalue weighted by molar-refractivity contribution is 0.320. The topological polar surface area (TPSA) is 51.5 Å². The zero-order chi connectivity index (χ0) is 18.3. The molecule has 0 fully saturated rings. The first-order chi connectivity index (χ1) is 12.6. The molecule has 0 saturated heterocycles. The molecule has 0 atom stereocenters. The fourth-order valence-electron chi connectivity index (χ4n) is 3.30. The highest BCUT2D eigenvalue weighted by atomic mass is 35.5. The lowest BCUT2D eigenvalue weighted by Gasteiger charge is -2.16. The minimum Gasteiger partial charge on any atom is -0.488 e. The summed E-state index contributed by atoms with van der Waals surface area (Å²) in [7, 11) is 0. The molecular formula is C21H20ClNO3. The van der Waals surface area contributed by atoms with Gasteiger partial charge < -0.3 is 14.5 Å². The molecular weight excluding hydrogens is 350 g/mol. The van der Waals surface area contributed by atoms with Crippen molar-refractivity contribution in [3.63, 3.8) is 0 Å². The van der Waals surface area contributed by atoms with Crippen molar-refractivity contribution in [2.45, 2.75) is 26.2 Å². The molecule has 1 aromatic heterocycles. The summed E-state index contributed by atoms with van der Waals surface area (Å²) in [6.07, 6.45) is 0.903. The number of hydrogen-bond donors (Lipinski definition) is 1. The van der Waals surface area contributed by atoms with Crippen LogP contribution in [0.3, 0.4) is 0 Å². The first-order valence-electron chi connectivity index (χ1n) is 8.82. The van der Waals surface area contributed by atoms with Gasteiger partial charge >= 0.3 is 0 Å². The Labute approximate surface area is 156 Å². The number of anilines is 1. The molecule has 0 amide bonds. The maximum Gasteiger partial charge on any atom is 0.200 e. The predicted molar refractivity (Wildman–Crippen MR) is 106 cm³/mol. The van der Waals surface area contributed by atoms with Gasteiger partial charge in [0.2, 0.25) is 5.43 Å². The van der Waals surface area contributed by atoms with Crippen molar-refractivity contribution in [1.29, 1.82) is 0 Å². The smallest absolute Gasteiger partial charge is 0.200 e. The van der Waals surface area contributed by atoms with Gasteiger partial charge in [0.25, 0.3) is 0 Å². The second-order valence-electron chi connectivity index (χ2n) is 6.78. The van der Waals surface area contributed by atoms with E-state index < -0.39 is 0 Å². The number of halogens is 1. The van der Waals surface area contributed by atoms with E-state index in [2.05, 4.69) is 5.32 Å². The molecule has 4 rings (SSSR count). The van der Waals surface area contributed by atoms with E-state index >= 15 is 0 Å². The molecule has 3 aromatic rings. The van der Waals surface area contributed by atoms with E-state index in [1.807, 2.05) is 38.1 Å². The molecule has 4 nitrogen and oxygen atoms in total. The molecule has 1 N–H and O–H groups in total. The van der Waals surface area contributed by atoms with Crippen molar-refractivity contribution >= 4 is 28.3 Å². The first kappa shape index (κ1) is 17.0. The van der Waals surface area contributed by atoms with Crippen LogP contribution in [0.15, 0.2) is 45.6 Å². The van der Waals surface area contributed by atoms with Gasteiger partial charge in [-0.25, -0.2) is 0 Å². The summed E-state index contributed by atoms with van der Waals surface area (Å²) in [5.41, 5.74) is 2.73. The van der Waals surface area contributed by atoms with Gasteiger partial charge in [-0.05, 0) is 36.2 Å². The van der Waals surface area contributed by atoms with E-state index in [1.54, 1.807) is 12.1 Å². The number of hydrogen-bond acceptors (Lipinski definition) is 4. The Hall–Kier alpha value is -2.46. The quantitative estimate of drug-likeness (QED) is 0.654. The fraction of sp³-hybridized carbons (Fsp3) is 0.286. The second-order valence-corrected chi connectivity index (χ2v) is 7.22. The lowest BCUT2D eigenvalue weighted by atomic mass is 9.97. The summed E-state index contributed by atoms with van der Waals surface area (Å²) in [5, 5.41) is 4.50. The van der Waals surface area contributed by atoms with E-state index in [1.165, 1.54) is 0 Å². The number of rotatable bonds is 2. The number of nitrogens with one attached hydrogen (secondary N) is 1. The summed E-state index contributed by atoms with van der Waals surface area (Å²) in [6, 6.07) is 11.0. The van der Waals surface area contributed by atoms with Gasteiger partial charge in [-0.15, -0.1) is 0 Å². The number of fused-ring (bicyclic) bond motifs is 3. The minimum absolute atomic E-state index is 0.0482. The molecule has 0 spiro atoms. The van der Waals surface area contributed by atoms with Gasteiger partial charge in [-0.1, -0.05) is 37.6 Å². The van der Waals surface area contributed by atoms with Crippen LogP contribution in [-0.2, 0) is 0 Å². The van der Waals surface area contributed by atoms with Crippen LogP contribution in [0.2, 0.25) is 5.02 Å². The van der Waals surface area contributed by atoms with Crippen molar-refractivity contribution in [2.24, 2.45) is 0 Å². The summed E-state index contributed by atoms with van der Waals surface area (Å²) >= 11 is 6.01. The molecule has 2 heterocycles. The summed E-state index contributed by atoms with van der Waals surface area (Å²) in [5.74, 6) is 1.33. The molecule has 134 valence electrons. The highest BCUT2D eigenvalue weighted by Crippen LogP contribution is 2.38. The van der Waals surface area contributed by atoms with Crippen LogP contribution in [0.25, 0.3) is 22.1 Å². The van der Waals surface area contributed by atoms with Gasteiger partial charge in [-0.2, -0.15) is 0 Å². The van der Waals surface area contributed by atoms with E-state index in [0.29, 0.717) is 39.7 Å². The third kappa shape index (κ3) is 2.84. The standard InChI is InChI=1S/C21H20ClNO3/c1-12(2)19-17(13-4-6-14(22)7-5-13)18(24)15-8-9-16-21(20(15)26-19)25-11-3-10-23-16/h4-9,12,23H,3,10-11H2,1-2H3. The Morgan fingerprint density at radius 1 is 1.12 bits per heavy atom. The zero-order valence-electron chi connectivity index (χ0n) is 14.8. The highest BCUT2D eigenvalue weighted by Gasteiger charge is 2.23. The van der Waals surface area contributed by atoms with Crippen molar-refractivity contribution in [1.82, 2.24) is 0 Å². The lowest BCUT2D eigenvalue weighted by Crippen LogP contribution is -2.11. The molecule has 1 aliphatic rings. The van der Waals surface area contributed by atoms with E-state index in [-0.39, 0.29) is 11.3 Å². The second kappa shape index (κ2) is 6.69. The predicted octanol–water partition coefficient (Wildman–Crippen LogP) is 5.43. The van der Waals surface area contributed by atoms with Crippen LogP contribution < -0.4 is 15.5 Å².